The number of para-hydroxylation sites is 8. The van der Waals surface area contributed by atoms with Crippen LogP contribution in [0.4, 0.5) is 0 Å². The van der Waals surface area contributed by atoms with Crippen LogP contribution in [0.5, 0.6) is 0 Å². The van der Waals surface area contributed by atoms with E-state index >= 15 is 0 Å². The minimum absolute atomic E-state index is 0.127. The fourth-order valence-corrected chi connectivity index (χ4v) is 19.2. The van der Waals surface area contributed by atoms with Crippen molar-refractivity contribution in [1.29, 1.82) is 0 Å². The molecule has 0 spiro atoms. The van der Waals surface area contributed by atoms with Crippen molar-refractivity contribution < 1.29 is 0 Å². The molecule has 16 aromatic carbocycles. The van der Waals surface area contributed by atoms with Crippen molar-refractivity contribution in [1.82, 2.24) is 18.3 Å². The fraction of sp³-hybridized carbons (Fsp3) is 0.0833. The Kier molecular flexibility index (Phi) is 13.3. The van der Waals surface area contributed by atoms with E-state index in [1.165, 1.54) is 220 Å². The average molecular weight is 1300 g/mol. The van der Waals surface area contributed by atoms with Gasteiger partial charge in [0.15, 0.2) is 0 Å². The van der Waals surface area contributed by atoms with Crippen molar-refractivity contribution in [2.45, 2.75) is 55.4 Å². The Morgan fingerprint density at radius 2 is 0.363 bits per heavy atom. The lowest BCUT2D eigenvalue weighted by Crippen LogP contribution is -2.56. The van der Waals surface area contributed by atoms with E-state index in [0.717, 1.165) is 0 Å². The first kappa shape index (κ1) is 59.9. The van der Waals surface area contributed by atoms with Gasteiger partial charge in [0.05, 0.1) is 44.1 Å². The minimum atomic E-state index is -0.127. The summed E-state index contributed by atoms with van der Waals surface area (Å²) in [5.41, 5.74) is 32.5. The molecule has 0 aliphatic rings. The maximum atomic E-state index is 2.51. The number of benzene rings is 16. The van der Waals surface area contributed by atoms with E-state index in [2.05, 4.69) is 365 Å². The van der Waals surface area contributed by atoms with Gasteiger partial charge in [-0.3, -0.25) is 0 Å². The summed E-state index contributed by atoms with van der Waals surface area (Å²) in [6, 6.07) is 110. The van der Waals surface area contributed by atoms with Gasteiger partial charge in [-0.15, -0.1) is 0 Å². The molecule has 0 bridgehead atoms. The van der Waals surface area contributed by atoms with E-state index in [1.807, 2.05) is 0 Å². The Bertz CT molecular complexity index is 5890. The van der Waals surface area contributed by atoms with Gasteiger partial charge in [-0.1, -0.05) is 271 Å². The van der Waals surface area contributed by atoms with Gasteiger partial charge in [-0.2, -0.15) is 0 Å². The Labute approximate surface area is 594 Å². The number of hydrogen-bond donors (Lipinski definition) is 0. The molecule has 482 valence electrons. The standard InChI is InChI=1S/C96H72B2N4/c1-57-49-67(99-83-33-17-9-25-71(83)72-26-10-18-34-84(72)99)50-58(2)93(57)97(94-59(3)51-68(52-60(94)4)100-85-35-19-11-27-73(85)74-28-12-20-36-86(74)100)81-47-43-65-41-42-66-44-48-82(80-46-45-79(81)91(65)92(66)80)98(95-61(5)53-69(54-62(95)6)101-87-37-21-13-29-75(87)76-30-14-22-38-88(76)101)96-63(7)55-70(56-64(96)8)102-89-39-23-15-31-77(89)78-32-16-24-40-90(78)102/h9-56H,1-8H3. The van der Waals surface area contributed by atoms with Crippen molar-refractivity contribution in [3.8, 4) is 22.7 Å². The number of aryl methyl sites for hydroxylation is 8. The van der Waals surface area contributed by atoms with Crippen LogP contribution in [0.15, 0.2) is 291 Å². The molecule has 4 heterocycles. The average Bonchev–Trinajstić information content (AvgIpc) is 1.03. The number of nitrogens with zero attached hydrogens (tertiary/aromatic N) is 4. The van der Waals surface area contributed by atoms with Gasteiger partial charge in [0.1, 0.15) is 0 Å². The summed E-state index contributed by atoms with van der Waals surface area (Å²) in [5, 5.41) is 17.8. The summed E-state index contributed by atoms with van der Waals surface area (Å²) < 4.78 is 9.92. The van der Waals surface area contributed by atoms with Gasteiger partial charge >= 0.3 is 0 Å². The van der Waals surface area contributed by atoms with Crippen LogP contribution in [-0.4, -0.2) is 31.7 Å². The van der Waals surface area contributed by atoms with E-state index in [1.54, 1.807) is 0 Å². The molecule has 0 atom stereocenters. The molecule has 0 saturated heterocycles. The van der Waals surface area contributed by atoms with Gasteiger partial charge in [-0.25, -0.2) is 0 Å². The largest absolute Gasteiger partial charge is 0.309 e. The molecule has 0 saturated carbocycles. The SMILES string of the molecule is Cc1cc(-n2c3ccccc3c3ccccc32)cc(C)c1B(c1c(C)cc(-n2c3ccccc3c3ccccc32)cc1C)c1ccc2ccc3ccc(B(c4c(C)cc(-n5c6ccccc6c6ccccc65)cc4C)c4c(C)cc(-n5c6ccccc6c6ccccc65)cc4C)c4ccc1c2c34. The molecule has 4 nitrogen and oxygen atoms in total. The summed E-state index contributed by atoms with van der Waals surface area (Å²) in [4.78, 5) is 0. The van der Waals surface area contributed by atoms with Gasteiger partial charge in [0.2, 0.25) is 13.4 Å². The summed E-state index contributed by atoms with van der Waals surface area (Å²) in [7, 11) is 0. The molecule has 0 radical (unpaired) electrons. The highest BCUT2D eigenvalue weighted by Crippen LogP contribution is 2.40. The highest BCUT2D eigenvalue weighted by Gasteiger charge is 2.35. The number of aromatic nitrogens is 4. The van der Waals surface area contributed by atoms with E-state index in [0.29, 0.717) is 0 Å². The van der Waals surface area contributed by atoms with Crippen molar-refractivity contribution in [3.05, 3.63) is 336 Å². The molecule has 6 heteroatoms. The van der Waals surface area contributed by atoms with Crippen LogP contribution >= 0.6 is 0 Å². The van der Waals surface area contributed by atoms with Crippen LogP contribution < -0.4 is 32.8 Å². The third-order valence-electron chi connectivity index (χ3n) is 23.2. The Morgan fingerprint density at radius 1 is 0.186 bits per heavy atom. The molecule has 0 N–H and O–H groups in total. The quantitative estimate of drug-likeness (QED) is 0.0961. The summed E-state index contributed by atoms with van der Waals surface area (Å²) in [5.74, 6) is 0. The van der Waals surface area contributed by atoms with Crippen LogP contribution in [0, 0.1) is 55.4 Å². The number of fused-ring (bicyclic) bond motifs is 12. The van der Waals surface area contributed by atoms with Crippen LogP contribution in [0.25, 0.3) is 142 Å². The number of hydrogen-bond acceptors (Lipinski definition) is 0. The van der Waals surface area contributed by atoms with Crippen LogP contribution in [0.2, 0.25) is 0 Å². The van der Waals surface area contributed by atoms with Crippen molar-refractivity contribution in [2.75, 3.05) is 0 Å². The second-order valence-corrected chi connectivity index (χ2v) is 29.0. The first-order valence-electron chi connectivity index (χ1n) is 36.0. The molecular weight excluding hydrogens is 1230 g/mol. The lowest BCUT2D eigenvalue weighted by atomic mass is 9.33. The van der Waals surface area contributed by atoms with E-state index in [4.69, 9.17) is 0 Å². The summed E-state index contributed by atoms with van der Waals surface area (Å²) in [6.07, 6.45) is 0. The molecule has 20 aromatic rings. The zero-order valence-corrected chi connectivity index (χ0v) is 58.7. The van der Waals surface area contributed by atoms with Crippen LogP contribution in [0.1, 0.15) is 44.5 Å². The van der Waals surface area contributed by atoms with Crippen molar-refractivity contribution in [2.24, 2.45) is 0 Å². The van der Waals surface area contributed by atoms with Gasteiger partial charge in [0.25, 0.3) is 0 Å². The van der Waals surface area contributed by atoms with E-state index < -0.39 is 0 Å². The third-order valence-corrected chi connectivity index (χ3v) is 23.2. The molecule has 0 aliphatic heterocycles. The molecule has 0 fully saturated rings. The molecule has 4 aromatic heterocycles. The normalized spacial score (nSPS) is 12.1. The summed E-state index contributed by atoms with van der Waals surface area (Å²) in [6.45, 7) is 18.7. The van der Waals surface area contributed by atoms with Crippen molar-refractivity contribution in [3.63, 3.8) is 0 Å². The number of rotatable bonds is 10. The molecular formula is C96H72B2N4. The Hall–Kier alpha value is -12.1. The van der Waals surface area contributed by atoms with E-state index in [9.17, 15) is 0 Å². The predicted molar refractivity (Wildman–Crippen MR) is 440 cm³/mol. The molecule has 20 rings (SSSR count). The van der Waals surface area contributed by atoms with Gasteiger partial charge in [-0.05, 0) is 185 Å². The van der Waals surface area contributed by atoms with Crippen LogP contribution in [0.3, 0.4) is 0 Å². The highest BCUT2D eigenvalue weighted by atomic mass is 15.0. The Balaban J connectivity index is 0.822. The first-order valence-corrected chi connectivity index (χ1v) is 36.0. The predicted octanol–water partition coefficient (Wildman–Crippen LogP) is 20.5. The summed E-state index contributed by atoms with van der Waals surface area (Å²) >= 11 is 0. The zero-order valence-electron chi connectivity index (χ0n) is 58.7. The monoisotopic (exact) mass is 1300 g/mol. The first-order chi connectivity index (χ1) is 49.9. The Morgan fingerprint density at radius 3 is 0.559 bits per heavy atom. The minimum Gasteiger partial charge on any atom is -0.309 e. The smallest absolute Gasteiger partial charge is 0.243 e. The third kappa shape index (κ3) is 8.72. The molecule has 0 aliphatic carbocycles. The van der Waals surface area contributed by atoms with Crippen molar-refractivity contribution >= 4 is 166 Å². The molecule has 102 heavy (non-hydrogen) atoms. The topological polar surface area (TPSA) is 19.7 Å². The maximum absolute atomic E-state index is 2.51. The second-order valence-electron chi connectivity index (χ2n) is 29.0. The van der Waals surface area contributed by atoms with Crippen LogP contribution in [-0.2, 0) is 0 Å². The fourth-order valence-electron chi connectivity index (χ4n) is 19.2. The van der Waals surface area contributed by atoms with Gasteiger partial charge in [0, 0.05) is 65.8 Å². The molecule has 0 amide bonds. The maximum Gasteiger partial charge on any atom is 0.243 e. The second kappa shape index (κ2) is 22.7. The lowest BCUT2D eigenvalue weighted by Gasteiger charge is -2.28. The highest BCUT2D eigenvalue weighted by molar-refractivity contribution is 6.99. The lowest BCUT2D eigenvalue weighted by molar-refractivity contribution is 1.16. The van der Waals surface area contributed by atoms with E-state index in [-0.39, 0.29) is 13.4 Å². The van der Waals surface area contributed by atoms with Gasteiger partial charge < -0.3 is 18.3 Å². The zero-order chi connectivity index (χ0) is 68.5. The molecule has 0 unspecified atom stereocenters.